The summed E-state index contributed by atoms with van der Waals surface area (Å²) < 4.78 is 0. The predicted molar refractivity (Wildman–Crippen MR) is 85.4 cm³/mol. The number of nitrogens with zero attached hydrogens (tertiary/aromatic N) is 1. The molecule has 1 aromatic rings. The third-order valence-corrected chi connectivity index (χ3v) is 4.83. The molecule has 114 valence electrons. The van der Waals surface area contributed by atoms with Crippen molar-refractivity contribution in [1.82, 2.24) is 10.2 Å². The first kappa shape index (κ1) is 14.9. The topological polar surface area (TPSA) is 32.3 Å². The number of benzene rings is 1. The normalized spacial score (nSPS) is 23.0. The summed E-state index contributed by atoms with van der Waals surface area (Å²) in [5, 5.41) is 4.16. The van der Waals surface area contributed by atoms with Gasteiger partial charge in [0.25, 0.3) is 0 Å². The first-order chi connectivity index (χ1) is 10.1. The van der Waals surface area contributed by atoms with E-state index in [4.69, 9.17) is 11.6 Å². The minimum absolute atomic E-state index is 0.128. The van der Waals surface area contributed by atoms with E-state index >= 15 is 0 Å². The lowest BCUT2D eigenvalue weighted by molar-refractivity contribution is -0.134. The van der Waals surface area contributed by atoms with Crippen LogP contribution in [-0.2, 0) is 4.79 Å². The number of amides is 1. The lowest BCUT2D eigenvalue weighted by Gasteiger charge is -2.31. The van der Waals surface area contributed by atoms with Crippen molar-refractivity contribution in [3.63, 3.8) is 0 Å². The predicted octanol–water partition coefficient (Wildman–Crippen LogP) is 3.53. The van der Waals surface area contributed by atoms with Crippen molar-refractivity contribution in [2.24, 2.45) is 0 Å². The molecule has 0 radical (unpaired) electrons. The first-order valence-electron chi connectivity index (χ1n) is 7.95. The van der Waals surface area contributed by atoms with Crippen LogP contribution in [-0.4, -0.2) is 29.4 Å². The summed E-state index contributed by atoms with van der Waals surface area (Å²) in [5.74, 6) is 0.291. The van der Waals surface area contributed by atoms with Gasteiger partial charge in [-0.25, -0.2) is 0 Å². The summed E-state index contributed by atoms with van der Waals surface area (Å²) in [6, 6.07) is 8.81. The molecule has 2 atom stereocenters. The molecule has 1 N–H and O–H groups in total. The number of nitrogens with one attached hydrogen (secondary N) is 1. The summed E-state index contributed by atoms with van der Waals surface area (Å²) >= 11 is 5.96. The molecule has 21 heavy (non-hydrogen) atoms. The van der Waals surface area contributed by atoms with E-state index in [1.165, 1.54) is 12.0 Å². The maximum absolute atomic E-state index is 12.7. The number of hydrogen-bond donors (Lipinski definition) is 1. The fourth-order valence-corrected chi connectivity index (χ4v) is 3.36. The SMILES string of the molecule is CC(c1ccc(Cl)cc1)N(C(=O)CC1CCCN1)C1CC1. The Hall–Kier alpha value is -1.06. The fraction of sp³-hybridized carbons (Fsp3) is 0.588. The van der Waals surface area contributed by atoms with Crippen LogP contribution in [0, 0.1) is 0 Å². The molecule has 0 bridgehead atoms. The summed E-state index contributed by atoms with van der Waals surface area (Å²) in [6.07, 6.45) is 5.23. The summed E-state index contributed by atoms with van der Waals surface area (Å²) in [4.78, 5) is 14.8. The van der Waals surface area contributed by atoms with E-state index in [0.717, 1.165) is 30.8 Å². The Morgan fingerprint density at radius 2 is 2.05 bits per heavy atom. The highest BCUT2D eigenvalue weighted by Crippen LogP contribution is 2.35. The second-order valence-electron chi connectivity index (χ2n) is 6.26. The molecule has 1 aromatic carbocycles. The average Bonchev–Trinajstić information content (AvgIpc) is 3.16. The van der Waals surface area contributed by atoms with Crippen LogP contribution in [0.15, 0.2) is 24.3 Å². The molecular formula is C17H23ClN2O. The molecule has 1 aliphatic carbocycles. The molecule has 0 aromatic heterocycles. The van der Waals surface area contributed by atoms with Crippen LogP contribution in [0.25, 0.3) is 0 Å². The largest absolute Gasteiger partial charge is 0.333 e. The Kier molecular flexibility index (Phi) is 4.51. The van der Waals surface area contributed by atoms with Crippen molar-refractivity contribution in [3.8, 4) is 0 Å². The standard InChI is InChI=1S/C17H23ClN2O/c1-12(13-4-6-14(18)7-5-13)20(16-8-9-16)17(21)11-15-3-2-10-19-15/h4-7,12,15-16,19H,2-3,8-11H2,1H3. The number of carbonyl (C=O) groups excluding carboxylic acids is 1. The second kappa shape index (κ2) is 6.37. The zero-order valence-electron chi connectivity index (χ0n) is 12.5. The second-order valence-corrected chi connectivity index (χ2v) is 6.69. The van der Waals surface area contributed by atoms with Crippen molar-refractivity contribution in [2.75, 3.05) is 6.54 Å². The van der Waals surface area contributed by atoms with Crippen molar-refractivity contribution in [1.29, 1.82) is 0 Å². The van der Waals surface area contributed by atoms with Crippen LogP contribution in [0.5, 0.6) is 0 Å². The molecule has 2 fully saturated rings. The van der Waals surface area contributed by atoms with Crippen LogP contribution in [0.1, 0.15) is 50.6 Å². The van der Waals surface area contributed by atoms with Gasteiger partial charge < -0.3 is 10.2 Å². The van der Waals surface area contributed by atoms with E-state index in [-0.39, 0.29) is 6.04 Å². The first-order valence-corrected chi connectivity index (χ1v) is 8.33. The maximum Gasteiger partial charge on any atom is 0.224 e. The molecule has 1 saturated heterocycles. The molecule has 3 nitrogen and oxygen atoms in total. The van der Waals surface area contributed by atoms with Crippen molar-refractivity contribution in [2.45, 2.75) is 57.2 Å². The number of rotatable bonds is 5. The highest BCUT2D eigenvalue weighted by molar-refractivity contribution is 6.30. The number of carbonyl (C=O) groups is 1. The van der Waals surface area contributed by atoms with Gasteiger partial charge in [0.15, 0.2) is 0 Å². The van der Waals surface area contributed by atoms with Gasteiger partial charge in [0, 0.05) is 23.5 Å². The van der Waals surface area contributed by atoms with E-state index in [1.807, 2.05) is 24.3 Å². The smallest absolute Gasteiger partial charge is 0.224 e. The van der Waals surface area contributed by atoms with E-state index in [2.05, 4.69) is 17.1 Å². The van der Waals surface area contributed by atoms with Crippen molar-refractivity contribution >= 4 is 17.5 Å². The zero-order chi connectivity index (χ0) is 14.8. The van der Waals surface area contributed by atoms with Gasteiger partial charge in [0.05, 0.1) is 6.04 Å². The van der Waals surface area contributed by atoms with Gasteiger partial charge >= 0.3 is 0 Å². The molecule has 2 aliphatic rings. The summed E-state index contributed by atoms with van der Waals surface area (Å²) in [7, 11) is 0. The quantitative estimate of drug-likeness (QED) is 0.902. The van der Waals surface area contributed by atoms with Crippen LogP contribution in [0.2, 0.25) is 5.02 Å². The van der Waals surface area contributed by atoms with Gasteiger partial charge in [-0.05, 0) is 56.8 Å². The van der Waals surface area contributed by atoms with E-state index in [0.29, 0.717) is 24.4 Å². The Balaban J connectivity index is 1.70. The van der Waals surface area contributed by atoms with Crippen molar-refractivity contribution < 1.29 is 4.79 Å². The van der Waals surface area contributed by atoms with Gasteiger partial charge in [-0.3, -0.25) is 4.79 Å². The van der Waals surface area contributed by atoms with Crippen LogP contribution < -0.4 is 5.32 Å². The van der Waals surface area contributed by atoms with Gasteiger partial charge in [-0.2, -0.15) is 0 Å². The van der Waals surface area contributed by atoms with Gasteiger partial charge in [-0.1, -0.05) is 23.7 Å². The van der Waals surface area contributed by atoms with E-state index in [1.54, 1.807) is 0 Å². The van der Waals surface area contributed by atoms with Crippen LogP contribution in [0.4, 0.5) is 0 Å². The molecule has 1 saturated carbocycles. The molecule has 2 unspecified atom stereocenters. The Morgan fingerprint density at radius 3 is 2.62 bits per heavy atom. The zero-order valence-corrected chi connectivity index (χ0v) is 13.3. The van der Waals surface area contributed by atoms with Crippen LogP contribution >= 0.6 is 11.6 Å². The highest BCUT2D eigenvalue weighted by atomic mass is 35.5. The number of hydrogen-bond acceptors (Lipinski definition) is 2. The third-order valence-electron chi connectivity index (χ3n) is 4.58. The molecule has 0 spiro atoms. The molecule has 1 aliphatic heterocycles. The minimum Gasteiger partial charge on any atom is -0.333 e. The van der Waals surface area contributed by atoms with Crippen LogP contribution in [0.3, 0.4) is 0 Å². The Bertz CT molecular complexity index is 492. The lowest BCUT2D eigenvalue weighted by Crippen LogP contribution is -2.39. The van der Waals surface area contributed by atoms with E-state index < -0.39 is 0 Å². The van der Waals surface area contributed by atoms with Gasteiger partial charge in [0.2, 0.25) is 5.91 Å². The van der Waals surface area contributed by atoms with Gasteiger partial charge in [0.1, 0.15) is 0 Å². The fourth-order valence-electron chi connectivity index (χ4n) is 3.24. The molecular weight excluding hydrogens is 284 g/mol. The molecule has 1 heterocycles. The molecule has 1 amide bonds. The van der Waals surface area contributed by atoms with Gasteiger partial charge in [-0.15, -0.1) is 0 Å². The monoisotopic (exact) mass is 306 g/mol. The summed E-state index contributed by atoms with van der Waals surface area (Å²) in [6.45, 7) is 3.18. The number of halogens is 1. The Labute approximate surface area is 131 Å². The molecule has 3 rings (SSSR count). The summed E-state index contributed by atoms with van der Waals surface area (Å²) in [5.41, 5.74) is 1.17. The molecule has 4 heteroatoms. The lowest BCUT2D eigenvalue weighted by atomic mass is 10.0. The maximum atomic E-state index is 12.7. The third kappa shape index (κ3) is 3.58. The van der Waals surface area contributed by atoms with E-state index in [9.17, 15) is 4.79 Å². The van der Waals surface area contributed by atoms with Crippen molar-refractivity contribution in [3.05, 3.63) is 34.9 Å². The minimum atomic E-state index is 0.128. The highest BCUT2D eigenvalue weighted by Gasteiger charge is 2.37. The average molecular weight is 307 g/mol. The Morgan fingerprint density at radius 1 is 1.33 bits per heavy atom.